The fourth-order valence-corrected chi connectivity index (χ4v) is 7.95. The molecule has 0 fully saturated rings. The van der Waals surface area contributed by atoms with Gasteiger partial charge in [0.2, 0.25) is 22.6 Å². The van der Waals surface area contributed by atoms with Crippen molar-refractivity contribution in [1.29, 1.82) is 0 Å². The van der Waals surface area contributed by atoms with Gasteiger partial charge in [-0.25, -0.2) is 29.9 Å². The van der Waals surface area contributed by atoms with Gasteiger partial charge >= 0.3 is 0 Å². The second-order valence-corrected chi connectivity index (χ2v) is 16.5. The van der Waals surface area contributed by atoms with Crippen molar-refractivity contribution in [2.75, 3.05) is 5.32 Å². The number of aromatic nitrogens is 10. The molecule has 0 amide bonds. The Kier molecular flexibility index (Phi) is 10.4. The first-order chi connectivity index (χ1) is 35.9. The third kappa shape index (κ3) is 8.35. The molecule has 0 saturated heterocycles. The van der Waals surface area contributed by atoms with E-state index in [4.69, 9.17) is 83.3 Å². The Balaban J connectivity index is 1.07. The average molecular weight is 959 g/mol. The first-order valence-electron chi connectivity index (χ1n) is 22.8. The van der Waals surface area contributed by atoms with Crippen LogP contribution in [0.2, 0.25) is 0 Å². The average Bonchev–Trinajstić information content (AvgIpc) is 3.42. The number of nitrogens with one attached hydrogen (secondary N) is 1. The third-order valence-electron chi connectivity index (χ3n) is 11.3. The summed E-state index contributed by atoms with van der Waals surface area (Å²) in [7, 11) is 0. The molecule has 1 aliphatic rings. The number of aliphatic imine (C=N–C) groups is 1. The Labute approximate surface area is 413 Å². The van der Waals surface area contributed by atoms with Crippen molar-refractivity contribution in [2.45, 2.75) is 12.6 Å². The number of rotatable bonds is 11. The van der Waals surface area contributed by atoms with Gasteiger partial charge in [-0.3, -0.25) is 0 Å². The lowest BCUT2D eigenvalue weighted by molar-refractivity contribution is 0.168. The third-order valence-corrected chi connectivity index (χ3v) is 11.3. The molecular weight excluding hydrogens is 925 g/mol. The van der Waals surface area contributed by atoms with Gasteiger partial charge in [-0.05, 0) is 72.8 Å². The van der Waals surface area contributed by atoms with Crippen LogP contribution in [0.4, 0.5) is 11.6 Å². The summed E-state index contributed by atoms with van der Waals surface area (Å²) in [5.41, 5.74) is 0.482. The molecule has 1 N–H and O–H groups in total. The molecule has 0 spiro atoms. The molecule has 350 valence electrons. The fourth-order valence-electron chi connectivity index (χ4n) is 7.95. The molecule has 6 heterocycles. The maximum atomic E-state index is 6.61. The molecule has 1 unspecified atom stereocenters. The second-order valence-electron chi connectivity index (χ2n) is 16.5. The van der Waals surface area contributed by atoms with Crippen molar-refractivity contribution in [3.05, 3.63) is 182 Å². The van der Waals surface area contributed by atoms with Crippen LogP contribution < -0.4 is 33.7 Å². The molecule has 7 aromatic carbocycles. The lowest BCUT2D eigenvalue weighted by Crippen LogP contribution is -2.53. The summed E-state index contributed by atoms with van der Waals surface area (Å²) in [6.45, 7) is 1.79. The van der Waals surface area contributed by atoms with Gasteiger partial charge in [0.15, 0.2) is 11.6 Å². The largest absolute Gasteiger partial charge is 0.459 e. The number of hydrogen-bond donors (Lipinski definition) is 1. The van der Waals surface area contributed by atoms with E-state index in [0.29, 0.717) is 34.5 Å². The number of nitrogens with zero attached hydrogens (tertiary/aromatic N) is 11. The van der Waals surface area contributed by atoms with Gasteiger partial charge in [0, 0.05) is 6.92 Å². The van der Waals surface area contributed by atoms with Crippen LogP contribution in [-0.4, -0.2) is 61.5 Å². The molecular formula is C55H34N12O6. The lowest BCUT2D eigenvalue weighted by atomic mass is 10.1. The minimum absolute atomic E-state index is 0.0401. The van der Waals surface area contributed by atoms with E-state index in [-0.39, 0.29) is 96.7 Å². The van der Waals surface area contributed by atoms with E-state index in [1.807, 2.05) is 133 Å². The van der Waals surface area contributed by atoms with Crippen LogP contribution in [0, 0.1) is 0 Å². The Morgan fingerprint density at radius 3 is 0.945 bits per heavy atom. The number of benzene rings is 7. The van der Waals surface area contributed by atoms with Crippen LogP contribution in [0.25, 0.3) is 55.7 Å². The Morgan fingerprint density at radius 1 is 0.315 bits per heavy atom. The molecule has 0 aliphatic carbocycles. The number of ether oxygens (including phenoxy) is 6. The van der Waals surface area contributed by atoms with Gasteiger partial charge in [0.1, 0.15) is 67.6 Å². The molecule has 0 radical (unpaired) electrons. The van der Waals surface area contributed by atoms with E-state index in [1.54, 1.807) is 55.5 Å². The highest BCUT2D eigenvalue weighted by Gasteiger charge is 2.41. The van der Waals surface area contributed by atoms with Crippen molar-refractivity contribution < 1.29 is 28.4 Å². The molecule has 18 heteroatoms. The Hall–Kier alpha value is -10.5. The molecule has 1 aliphatic heterocycles. The summed E-state index contributed by atoms with van der Waals surface area (Å²) in [5, 5.41) is 3.43. The second kappa shape index (κ2) is 17.8. The smallest absolute Gasteiger partial charge is 0.286 e. The summed E-state index contributed by atoms with van der Waals surface area (Å²) in [6.07, 6.45) is 0. The zero-order valence-corrected chi connectivity index (χ0v) is 38.2. The molecule has 13 rings (SSSR count). The molecule has 0 saturated carbocycles. The predicted molar refractivity (Wildman–Crippen MR) is 271 cm³/mol. The number of para-hydroxylation sites is 6. The molecule has 1 atom stereocenters. The van der Waals surface area contributed by atoms with Crippen LogP contribution in [0.15, 0.2) is 187 Å². The lowest BCUT2D eigenvalue weighted by Gasteiger charge is -2.35. The number of fused-ring (bicyclic) bond motifs is 9. The van der Waals surface area contributed by atoms with Crippen molar-refractivity contribution in [3.8, 4) is 58.0 Å². The van der Waals surface area contributed by atoms with E-state index in [2.05, 4.69) is 5.32 Å². The zero-order chi connectivity index (χ0) is 48.7. The summed E-state index contributed by atoms with van der Waals surface area (Å²) >= 11 is 0. The van der Waals surface area contributed by atoms with Crippen LogP contribution in [0.1, 0.15) is 6.92 Å². The topological polar surface area (TPSA) is 209 Å². The number of hydrogen-bond acceptors (Lipinski definition) is 18. The highest BCUT2D eigenvalue weighted by Crippen LogP contribution is 2.41. The van der Waals surface area contributed by atoms with E-state index >= 15 is 0 Å². The van der Waals surface area contributed by atoms with Gasteiger partial charge in [0.25, 0.3) is 35.1 Å². The number of anilines is 1. The van der Waals surface area contributed by atoms with Crippen molar-refractivity contribution in [1.82, 2.24) is 49.8 Å². The van der Waals surface area contributed by atoms with Gasteiger partial charge in [-0.15, -0.1) is 0 Å². The summed E-state index contributed by atoms with van der Waals surface area (Å²) in [5.74, 6) is 3.78. The van der Waals surface area contributed by atoms with Crippen molar-refractivity contribution >= 4 is 73.2 Å². The van der Waals surface area contributed by atoms with Gasteiger partial charge in [0.05, 0.1) is 0 Å². The zero-order valence-electron chi connectivity index (χ0n) is 38.2. The maximum absolute atomic E-state index is 6.61. The summed E-state index contributed by atoms with van der Waals surface area (Å²) in [4.78, 5) is 55.1. The van der Waals surface area contributed by atoms with E-state index in [9.17, 15) is 0 Å². The Bertz CT molecular complexity index is 4080. The first kappa shape index (κ1) is 42.6. The molecule has 73 heavy (non-hydrogen) atoms. The summed E-state index contributed by atoms with van der Waals surface area (Å²) in [6, 6.07) is 55.2. The Morgan fingerprint density at radius 2 is 0.603 bits per heavy atom. The van der Waals surface area contributed by atoms with E-state index in [1.165, 1.54) is 0 Å². The minimum atomic E-state index is -1.40. The van der Waals surface area contributed by atoms with Gasteiger partial charge in [-0.1, -0.05) is 109 Å². The molecule has 0 bridgehead atoms. The molecule has 12 aromatic rings. The SMILES string of the molecule is CC1(Oc2ccccc2)Nc2nc3c(nc2N=C1Oc1ccccc1)c1nc2nc(Oc4ccccc4)c(Oc4ccccc4)nc2nc1c1nc2nc(Oc4ccccc4)c(Oc4ccccc4)nc2nc31. The maximum Gasteiger partial charge on any atom is 0.286 e. The predicted octanol–water partition coefficient (Wildman–Crippen LogP) is 11.9. The summed E-state index contributed by atoms with van der Waals surface area (Å²) < 4.78 is 38.3. The highest BCUT2D eigenvalue weighted by molar-refractivity contribution is 6.20. The highest BCUT2D eigenvalue weighted by atomic mass is 16.6. The molecule has 18 nitrogen and oxygen atoms in total. The van der Waals surface area contributed by atoms with E-state index < -0.39 is 5.72 Å². The quantitative estimate of drug-likeness (QED) is 0.0944. The standard InChI is InChI=1S/C55H34N12O6/c1-55(73-37-30-18-7-19-31-37)54(72-36-28-16-6-17-29-36)66-48-49(67-55)61-43-41-39(57-46-47(59-41)65-53(71-35-26-14-5-15-27-35)52(64-46)70-34-24-12-4-13-25-34)38-40(42(43)60-48)58-45-44(56-38)62-50(68-32-20-8-2-9-21-32)51(63-45)69-33-22-10-3-11-23-33/h2-31H,1H3,(H,61,67). The van der Waals surface area contributed by atoms with Crippen molar-refractivity contribution in [2.24, 2.45) is 4.99 Å². The van der Waals surface area contributed by atoms with Gasteiger partial charge in [-0.2, -0.15) is 24.9 Å². The van der Waals surface area contributed by atoms with E-state index in [0.717, 1.165) is 0 Å². The normalized spacial score (nSPS) is 14.1. The van der Waals surface area contributed by atoms with Crippen LogP contribution in [-0.2, 0) is 0 Å². The molecule has 5 aromatic heterocycles. The van der Waals surface area contributed by atoms with Gasteiger partial charge < -0.3 is 33.7 Å². The minimum Gasteiger partial charge on any atom is -0.459 e. The monoisotopic (exact) mass is 958 g/mol. The van der Waals surface area contributed by atoms with Crippen LogP contribution in [0.5, 0.6) is 58.0 Å². The van der Waals surface area contributed by atoms with Crippen LogP contribution in [0.3, 0.4) is 0 Å². The fraction of sp³-hybridized carbons (Fsp3) is 0.0364. The first-order valence-corrected chi connectivity index (χ1v) is 22.8. The van der Waals surface area contributed by atoms with Crippen molar-refractivity contribution in [3.63, 3.8) is 0 Å². The van der Waals surface area contributed by atoms with Crippen LogP contribution >= 0.6 is 0 Å².